The lowest BCUT2D eigenvalue weighted by Crippen LogP contribution is -2.31. The van der Waals surface area contributed by atoms with E-state index in [4.69, 9.17) is 4.52 Å². The van der Waals surface area contributed by atoms with E-state index in [0.29, 0.717) is 24.8 Å². The van der Waals surface area contributed by atoms with Crippen LogP contribution in [0.15, 0.2) is 35.0 Å². The van der Waals surface area contributed by atoms with Gasteiger partial charge in [-0.25, -0.2) is 0 Å². The minimum Gasteiger partial charge on any atom is -0.379 e. The summed E-state index contributed by atoms with van der Waals surface area (Å²) in [6, 6.07) is 8.55. The van der Waals surface area contributed by atoms with Crippen LogP contribution >= 0.6 is 0 Å². The molecule has 1 N–H and O–H groups in total. The molecule has 7 heteroatoms. The Morgan fingerprint density at radius 2 is 2.14 bits per heavy atom. The van der Waals surface area contributed by atoms with Crippen molar-refractivity contribution in [2.24, 2.45) is 7.05 Å². The highest BCUT2D eigenvalue weighted by Crippen LogP contribution is 2.40. The van der Waals surface area contributed by atoms with Crippen LogP contribution in [0.3, 0.4) is 0 Å². The summed E-state index contributed by atoms with van der Waals surface area (Å²) in [4.78, 5) is 6.74. The predicted molar refractivity (Wildman–Crippen MR) is 103 cm³/mol. The summed E-state index contributed by atoms with van der Waals surface area (Å²) in [5, 5.41) is 19.5. The topological polar surface area (TPSA) is 80.2 Å². The molecule has 3 heterocycles. The lowest BCUT2D eigenvalue weighted by molar-refractivity contribution is 0.0131. The van der Waals surface area contributed by atoms with E-state index >= 15 is 0 Å². The van der Waals surface area contributed by atoms with E-state index in [1.165, 1.54) is 16.7 Å². The second kappa shape index (κ2) is 6.53. The maximum atomic E-state index is 11.1. The molecule has 1 saturated heterocycles. The summed E-state index contributed by atoms with van der Waals surface area (Å²) < 4.78 is 7.32. The van der Waals surface area contributed by atoms with Crippen molar-refractivity contribution in [2.75, 3.05) is 13.1 Å². The van der Waals surface area contributed by atoms with Gasteiger partial charge in [-0.1, -0.05) is 22.9 Å². The highest BCUT2D eigenvalue weighted by atomic mass is 16.5. The van der Waals surface area contributed by atoms with Crippen molar-refractivity contribution in [2.45, 2.75) is 44.2 Å². The number of likely N-dealkylation sites (tertiary alicyclic amines) is 1. The number of hydrogen-bond donors (Lipinski definition) is 1. The zero-order chi connectivity index (χ0) is 19.3. The van der Waals surface area contributed by atoms with Crippen molar-refractivity contribution < 1.29 is 9.63 Å². The summed E-state index contributed by atoms with van der Waals surface area (Å²) in [6.07, 6.45) is 4.66. The van der Waals surface area contributed by atoms with Crippen LogP contribution in [0.2, 0.25) is 0 Å². The van der Waals surface area contributed by atoms with Crippen LogP contribution in [-0.2, 0) is 19.2 Å². The molecule has 2 fully saturated rings. The van der Waals surface area contributed by atoms with Crippen LogP contribution in [0.5, 0.6) is 0 Å². The normalized spacial score (nSPS) is 22.8. The minimum atomic E-state index is -1.06. The maximum absolute atomic E-state index is 11.1. The Kier molecular flexibility index (Phi) is 4.10. The molecule has 0 radical (unpaired) electrons. The molecule has 1 aliphatic heterocycles. The minimum absolute atomic E-state index is 0.368. The average molecular weight is 379 g/mol. The van der Waals surface area contributed by atoms with Crippen molar-refractivity contribution >= 4 is 0 Å². The van der Waals surface area contributed by atoms with Gasteiger partial charge in [-0.15, -0.1) is 0 Å². The van der Waals surface area contributed by atoms with Gasteiger partial charge in [0.1, 0.15) is 0 Å². The lowest BCUT2D eigenvalue weighted by atomic mass is 10.0. The lowest BCUT2D eigenvalue weighted by Gasteiger charge is -2.21. The predicted octanol–water partition coefficient (Wildman–Crippen LogP) is 2.75. The molecule has 5 rings (SSSR count). The summed E-state index contributed by atoms with van der Waals surface area (Å²) in [7, 11) is 1.96. The number of hydrogen-bond acceptors (Lipinski definition) is 6. The molecule has 1 aliphatic carbocycles. The Labute approximate surface area is 164 Å². The maximum Gasteiger partial charge on any atom is 0.260 e. The van der Waals surface area contributed by atoms with Gasteiger partial charge in [0.2, 0.25) is 0 Å². The second-order valence-electron chi connectivity index (χ2n) is 8.22. The van der Waals surface area contributed by atoms with Crippen LogP contribution < -0.4 is 0 Å². The first-order valence-corrected chi connectivity index (χ1v) is 9.88. The number of aryl methyl sites for hydroxylation is 2. The van der Waals surface area contributed by atoms with Crippen molar-refractivity contribution in [3.8, 4) is 11.3 Å². The molecule has 1 saturated carbocycles. The van der Waals surface area contributed by atoms with Crippen molar-refractivity contribution in [1.82, 2.24) is 24.8 Å². The fraction of sp³-hybridized carbons (Fsp3) is 0.476. The standard InChI is InChI=1S/C21H25N5O2/c1-14-3-4-16(17(11-14)18-7-9-22-25(18)2)12-26-10-8-21(27,13-26)20-23-19(24-28-20)15-5-6-15/h3-4,7,9,11,15,27H,5-6,8,10,12-13H2,1-2H3. The van der Waals surface area contributed by atoms with Gasteiger partial charge in [0.25, 0.3) is 5.89 Å². The van der Waals surface area contributed by atoms with E-state index in [-0.39, 0.29) is 0 Å². The average Bonchev–Trinajstić information content (AvgIpc) is 3.06. The zero-order valence-corrected chi connectivity index (χ0v) is 16.3. The fourth-order valence-corrected chi connectivity index (χ4v) is 4.06. The number of nitrogens with zero attached hydrogens (tertiary/aromatic N) is 5. The molecule has 7 nitrogen and oxygen atoms in total. The molecule has 0 amide bonds. The highest BCUT2D eigenvalue weighted by Gasteiger charge is 2.43. The van der Waals surface area contributed by atoms with E-state index in [1.807, 2.05) is 24.0 Å². The molecule has 1 aromatic carbocycles. The number of aliphatic hydroxyl groups is 1. The zero-order valence-electron chi connectivity index (χ0n) is 16.3. The Morgan fingerprint density at radius 3 is 2.89 bits per heavy atom. The van der Waals surface area contributed by atoms with Gasteiger partial charge in [0.15, 0.2) is 11.4 Å². The van der Waals surface area contributed by atoms with E-state index in [2.05, 4.69) is 45.3 Å². The third-order valence-electron chi connectivity index (χ3n) is 5.87. The number of benzene rings is 1. The van der Waals surface area contributed by atoms with Gasteiger partial charge in [0.05, 0.1) is 5.69 Å². The largest absolute Gasteiger partial charge is 0.379 e. The molecule has 0 spiro atoms. The van der Waals surface area contributed by atoms with Crippen LogP contribution in [-0.4, -0.2) is 43.0 Å². The van der Waals surface area contributed by atoms with Crippen LogP contribution in [0, 0.1) is 6.92 Å². The smallest absolute Gasteiger partial charge is 0.260 e. The summed E-state index contributed by atoms with van der Waals surface area (Å²) >= 11 is 0. The SMILES string of the molecule is Cc1ccc(CN2CCC(O)(c3nc(C4CC4)no3)C2)c(-c2ccnn2C)c1. The van der Waals surface area contributed by atoms with Crippen molar-refractivity contribution in [3.63, 3.8) is 0 Å². The van der Waals surface area contributed by atoms with Crippen LogP contribution in [0.4, 0.5) is 0 Å². The van der Waals surface area contributed by atoms with Crippen molar-refractivity contribution in [3.05, 3.63) is 53.3 Å². The number of β-amino-alcohol motifs (C(OH)–C–C–N with tert-alkyl or cyclic N) is 1. The quantitative estimate of drug-likeness (QED) is 0.734. The first-order valence-electron chi connectivity index (χ1n) is 9.88. The summed E-state index contributed by atoms with van der Waals surface area (Å²) in [5.74, 6) is 1.54. The van der Waals surface area contributed by atoms with E-state index in [9.17, 15) is 5.11 Å². The molecule has 2 aromatic heterocycles. The second-order valence-corrected chi connectivity index (χ2v) is 8.22. The Morgan fingerprint density at radius 1 is 1.29 bits per heavy atom. The molecular formula is C21H25N5O2. The van der Waals surface area contributed by atoms with Gasteiger partial charge in [-0.05, 0) is 43.9 Å². The molecule has 3 aromatic rings. The monoisotopic (exact) mass is 379 g/mol. The van der Waals surface area contributed by atoms with Gasteiger partial charge in [-0.2, -0.15) is 10.1 Å². The third-order valence-corrected chi connectivity index (χ3v) is 5.87. The first-order chi connectivity index (χ1) is 13.5. The molecule has 146 valence electrons. The third kappa shape index (κ3) is 3.14. The van der Waals surface area contributed by atoms with Gasteiger partial charge in [-0.3, -0.25) is 9.58 Å². The first kappa shape index (κ1) is 17.6. The van der Waals surface area contributed by atoms with E-state index in [1.54, 1.807) is 0 Å². The molecular weight excluding hydrogens is 354 g/mol. The number of aromatic nitrogens is 4. The van der Waals surface area contributed by atoms with Gasteiger partial charge >= 0.3 is 0 Å². The highest BCUT2D eigenvalue weighted by molar-refractivity contribution is 5.64. The van der Waals surface area contributed by atoms with Gasteiger partial charge < -0.3 is 9.63 Å². The molecule has 1 unspecified atom stereocenters. The molecule has 1 atom stereocenters. The van der Waals surface area contributed by atoms with E-state index in [0.717, 1.165) is 37.4 Å². The van der Waals surface area contributed by atoms with Crippen LogP contribution in [0.25, 0.3) is 11.3 Å². The molecule has 28 heavy (non-hydrogen) atoms. The molecule has 0 bridgehead atoms. The van der Waals surface area contributed by atoms with Crippen molar-refractivity contribution in [1.29, 1.82) is 0 Å². The fourth-order valence-electron chi connectivity index (χ4n) is 4.06. The Bertz CT molecular complexity index is 1010. The van der Waals surface area contributed by atoms with Gasteiger partial charge in [0, 0.05) is 44.4 Å². The van der Waals surface area contributed by atoms with E-state index < -0.39 is 5.60 Å². The Balaban J connectivity index is 1.37. The molecule has 2 aliphatic rings. The Hall–Kier alpha value is -2.51. The summed E-state index contributed by atoms with van der Waals surface area (Å²) in [5.41, 5.74) is 3.67. The van der Waals surface area contributed by atoms with Crippen LogP contribution in [0.1, 0.15) is 48.0 Å². The summed E-state index contributed by atoms with van der Waals surface area (Å²) in [6.45, 7) is 4.15. The number of rotatable bonds is 5.